The number of hydrogen-bond donors (Lipinski definition) is 1. The summed E-state index contributed by atoms with van der Waals surface area (Å²) in [5.74, 6) is -1.71. The fourth-order valence-electron chi connectivity index (χ4n) is 2.12. The van der Waals surface area contributed by atoms with E-state index in [1.54, 1.807) is 11.9 Å². The summed E-state index contributed by atoms with van der Waals surface area (Å²) < 4.78 is 10.4. The number of carbonyl (C=O) groups excluding carboxylic acids is 1. The molecule has 1 saturated heterocycles. The molecule has 18 heavy (non-hydrogen) atoms. The summed E-state index contributed by atoms with van der Waals surface area (Å²) in [5, 5.41) is 8.73. The second-order valence-electron chi connectivity index (χ2n) is 4.32. The molecule has 2 atom stereocenters. The molecule has 0 aliphatic carbocycles. The summed E-state index contributed by atoms with van der Waals surface area (Å²) in [7, 11) is 1.67. The van der Waals surface area contributed by atoms with Crippen molar-refractivity contribution in [2.75, 3.05) is 13.7 Å². The lowest BCUT2D eigenvalue weighted by Gasteiger charge is -2.25. The van der Waals surface area contributed by atoms with Crippen molar-refractivity contribution in [1.82, 2.24) is 4.90 Å². The first-order valence-electron chi connectivity index (χ1n) is 5.72. The molecule has 2 heterocycles. The molecule has 6 heteroatoms. The molecule has 1 aromatic rings. The van der Waals surface area contributed by atoms with Gasteiger partial charge < -0.3 is 19.2 Å². The third-order valence-corrected chi connectivity index (χ3v) is 3.18. The van der Waals surface area contributed by atoms with Crippen LogP contribution in [-0.4, -0.2) is 47.7 Å². The summed E-state index contributed by atoms with van der Waals surface area (Å²) in [4.78, 5) is 24.3. The summed E-state index contributed by atoms with van der Waals surface area (Å²) in [5.41, 5.74) is 0. The maximum Gasteiger partial charge on any atom is 0.371 e. The van der Waals surface area contributed by atoms with Crippen molar-refractivity contribution in [2.45, 2.75) is 25.5 Å². The summed E-state index contributed by atoms with van der Waals surface area (Å²) in [6.45, 7) is 2.54. The van der Waals surface area contributed by atoms with Gasteiger partial charge in [0.05, 0.1) is 12.1 Å². The lowest BCUT2D eigenvalue weighted by molar-refractivity contribution is 0.0541. The number of hydrogen-bond acceptors (Lipinski definition) is 4. The van der Waals surface area contributed by atoms with E-state index in [1.807, 2.05) is 6.92 Å². The number of rotatable bonds is 3. The van der Waals surface area contributed by atoms with Gasteiger partial charge in [-0.25, -0.2) is 4.79 Å². The van der Waals surface area contributed by atoms with E-state index in [2.05, 4.69) is 0 Å². The highest BCUT2D eigenvalue weighted by molar-refractivity contribution is 5.93. The fraction of sp³-hybridized carbons (Fsp3) is 0.500. The highest BCUT2D eigenvalue weighted by atomic mass is 16.5. The van der Waals surface area contributed by atoms with E-state index in [0.717, 1.165) is 6.42 Å². The zero-order valence-corrected chi connectivity index (χ0v) is 10.3. The number of nitrogens with zero attached hydrogens (tertiary/aromatic N) is 1. The smallest absolute Gasteiger partial charge is 0.371 e. The van der Waals surface area contributed by atoms with E-state index in [9.17, 15) is 9.59 Å². The van der Waals surface area contributed by atoms with Crippen molar-refractivity contribution in [3.8, 4) is 0 Å². The van der Waals surface area contributed by atoms with Crippen molar-refractivity contribution < 1.29 is 23.8 Å². The van der Waals surface area contributed by atoms with Gasteiger partial charge in [0.25, 0.3) is 5.91 Å². The molecular weight excluding hydrogens is 238 g/mol. The van der Waals surface area contributed by atoms with Crippen LogP contribution in [0.25, 0.3) is 0 Å². The first-order chi connectivity index (χ1) is 8.50. The maximum atomic E-state index is 12.1. The van der Waals surface area contributed by atoms with Gasteiger partial charge in [-0.1, -0.05) is 0 Å². The number of likely N-dealkylation sites (N-methyl/N-ethyl adjacent to an activating group) is 1. The zero-order chi connectivity index (χ0) is 13.3. The van der Waals surface area contributed by atoms with Crippen LogP contribution in [0.4, 0.5) is 0 Å². The highest BCUT2D eigenvalue weighted by Gasteiger charge is 2.32. The van der Waals surface area contributed by atoms with Gasteiger partial charge in [0.2, 0.25) is 5.76 Å². The van der Waals surface area contributed by atoms with E-state index in [4.69, 9.17) is 14.3 Å². The number of carbonyl (C=O) groups is 2. The van der Waals surface area contributed by atoms with Crippen molar-refractivity contribution in [3.63, 3.8) is 0 Å². The lowest BCUT2D eigenvalue weighted by Crippen LogP contribution is -2.40. The molecule has 0 spiro atoms. The van der Waals surface area contributed by atoms with Crippen LogP contribution in [0.5, 0.6) is 0 Å². The van der Waals surface area contributed by atoms with Crippen molar-refractivity contribution >= 4 is 11.9 Å². The van der Waals surface area contributed by atoms with Crippen LogP contribution >= 0.6 is 0 Å². The van der Waals surface area contributed by atoms with Crippen molar-refractivity contribution in [2.24, 2.45) is 0 Å². The van der Waals surface area contributed by atoms with Gasteiger partial charge in [-0.3, -0.25) is 4.79 Å². The van der Waals surface area contributed by atoms with Gasteiger partial charge in [-0.15, -0.1) is 0 Å². The Kier molecular flexibility index (Phi) is 3.38. The Labute approximate surface area is 104 Å². The normalized spacial score (nSPS) is 23.0. The minimum atomic E-state index is -1.19. The lowest BCUT2D eigenvalue weighted by atomic mass is 10.1. The van der Waals surface area contributed by atoms with Crippen LogP contribution < -0.4 is 0 Å². The van der Waals surface area contributed by atoms with Gasteiger partial charge >= 0.3 is 5.97 Å². The van der Waals surface area contributed by atoms with Gasteiger partial charge in [-0.05, 0) is 25.5 Å². The van der Waals surface area contributed by atoms with Crippen LogP contribution in [0.15, 0.2) is 16.5 Å². The molecule has 0 radical (unpaired) electrons. The van der Waals surface area contributed by atoms with Gasteiger partial charge in [0, 0.05) is 13.7 Å². The Balaban J connectivity index is 2.12. The minimum Gasteiger partial charge on any atom is -0.475 e. The van der Waals surface area contributed by atoms with Crippen molar-refractivity contribution in [1.29, 1.82) is 0 Å². The number of furan rings is 1. The summed E-state index contributed by atoms with van der Waals surface area (Å²) in [6, 6.07) is 2.65. The molecule has 1 aliphatic heterocycles. The molecule has 6 nitrogen and oxygen atoms in total. The van der Waals surface area contributed by atoms with Crippen LogP contribution in [0.2, 0.25) is 0 Å². The summed E-state index contributed by atoms with van der Waals surface area (Å²) in [6.07, 6.45) is 0.753. The largest absolute Gasteiger partial charge is 0.475 e. The molecule has 1 N–H and O–H groups in total. The number of amides is 1. The average Bonchev–Trinajstić information content (AvgIpc) is 2.95. The number of aromatic carboxylic acids is 1. The first kappa shape index (κ1) is 12.6. The molecular formula is C12H15NO5. The zero-order valence-electron chi connectivity index (χ0n) is 10.3. The van der Waals surface area contributed by atoms with Crippen LogP contribution in [0, 0.1) is 0 Å². The molecule has 0 aromatic carbocycles. The fourth-order valence-corrected chi connectivity index (χ4v) is 2.12. The third kappa shape index (κ3) is 2.24. The SMILES string of the molecule is CC1OCCC1N(C)C(=O)c1ccc(C(=O)O)o1. The molecule has 0 bridgehead atoms. The molecule has 1 amide bonds. The second kappa shape index (κ2) is 4.81. The maximum absolute atomic E-state index is 12.1. The Morgan fingerprint density at radius 3 is 2.56 bits per heavy atom. The number of ether oxygens (including phenoxy) is 1. The Morgan fingerprint density at radius 2 is 2.06 bits per heavy atom. The van der Waals surface area contributed by atoms with E-state index in [1.165, 1.54) is 12.1 Å². The average molecular weight is 253 g/mol. The molecule has 2 unspecified atom stereocenters. The van der Waals surface area contributed by atoms with Crippen molar-refractivity contribution in [3.05, 3.63) is 23.7 Å². The third-order valence-electron chi connectivity index (χ3n) is 3.18. The van der Waals surface area contributed by atoms with Crippen LogP contribution in [-0.2, 0) is 4.74 Å². The highest BCUT2D eigenvalue weighted by Crippen LogP contribution is 2.20. The Hall–Kier alpha value is -1.82. The molecule has 98 valence electrons. The van der Waals surface area contributed by atoms with E-state index < -0.39 is 5.97 Å². The monoisotopic (exact) mass is 253 g/mol. The Bertz CT molecular complexity index is 467. The quantitative estimate of drug-likeness (QED) is 0.876. The van der Waals surface area contributed by atoms with E-state index in [0.29, 0.717) is 6.61 Å². The van der Waals surface area contributed by atoms with E-state index in [-0.39, 0.29) is 29.6 Å². The first-order valence-corrected chi connectivity index (χ1v) is 5.72. The van der Waals surface area contributed by atoms with Gasteiger partial charge in [0.1, 0.15) is 0 Å². The number of carboxylic acids is 1. The number of carboxylic acid groups (broad SMARTS) is 1. The molecule has 1 aromatic heterocycles. The summed E-state index contributed by atoms with van der Waals surface area (Å²) >= 11 is 0. The topological polar surface area (TPSA) is 80.0 Å². The van der Waals surface area contributed by atoms with Gasteiger partial charge in [-0.2, -0.15) is 0 Å². The van der Waals surface area contributed by atoms with Crippen LogP contribution in [0.1, 0.15) is 34.5 Å². The Morgan fingerprint density at radius 1 is 1.39 bits per heavy atom. The second-order valence-corrected chi connectivity index (χ2v) is 4.32. The molecule has 2 rings (SSSR count). The molecule has 1 fully saturated rings. The minimum absolute atomic E-state index is 0.00382. The van der Waals surface area contributed by atoms with Crippen LogP contribution in [0.3, 0.4) is 0 Å². The standard InChI is InChI=1S/C12H15NO5/c1-7-8(5-6-17-7)13(2)11(14)9-3-4-10(18-9)12(15)16/h3-4,7-8H,5-6H2,1-2H3,(H,15,16). The van der Waals surface area contributed by atoms with Gasteiger partial charge in [0.15, 0.2) is 5.76 Å². The molecule has 0 saturated carbocycles. The predicted octanol–water partition coefficient (Wildman–Crippen LogP) is 1.23. The van der Waals surface area contributed by atoms with E-state index >= 15 is 0 Å². The molecule has 1 aliphatic rings. The predicted molar refractivity (Wildman–Crippen MR) is 61.6 cm³/mol.